The van der Waals surface area contributed by atoms with E-state index in [9.17, 15) is 13.2 Å². The minimum atomic E-state index is -4.86. The van der Waals surface area contributed by atoms with Crippen molar-refractivity contribution >= 4 is 5.82 Å². The molecule has 5 heteroatoms. The second-order valence-corrected chi connectivity index (χ2v) is 1.73. The van der Waals surface area contributed by atoms with Gasteiger partial charge in [0.25, 0.3) is 0 Å². The predicted molar refractivity (Wildman–Crippen MR) is 33.7 cm³/mol. The Kier molecular flexibility index (Phi) is 1.00. The third-order valence-corrected chi connectivity index (χ3v) is 0.887. The van der Waals surface area contributed by atoms with Gasteiger partial charge in [-0.05, 0) is 12.1 Å². The Morgan fingerprint density at radius 2 is 2.09 bits per heavy atom. The molecular formula is C6H5F3N2. The first-order valence-electron chi connectivity index (χ1n) is 4.05. The monoisotopic (exact) mass is 165 g/mol. The van der Waals surface area contributed by atoms with Gasteiger partial charge in [0.2, 0.25) is 0 Å². The Bertz CT molecular complexity index is 378. The highest BCUT2D eigenvalue weighted by molar-refractivity contribution is 5.30. The first kappa shape index (κ1) is 4.58. The van der Waals surface area contributed by atoms with E-state index >= 15 is 0 Å². The Labute approximate surface area is 65.1 Å². The van der Waals surface area contributed by atoms with Gasteiger partial charge < -0.3 is 5.73 Å². The van der Waals surface area contributed by atoms with Crippen LogP contribution in [0.2, 0.25) is 0 Å². The number of hydrogen-bond acceptors (Lipinski definition) is 2. The summed E-state index contributed by atoms with van der Waals surface area (Å²) in [7, 11) is 0. The molecule has 0 aliphatic carbocycles. The van der Waals surface area contributed by atoms with E-state index in [0.717, 1.165) is 0 Å². The minimum absolute atomic E-state index is 0.548. The quantitative estimate of drug-likeness (QED) is 0.635. The topological polar surface area (TPSA) is 38.9 Å². The molecule has 0 atom stereocenters. The second-order valence-electron chi connectivity index (χ2n) is 1.73. The molecule has 1 aromatic heterocycles. The van der Waals surface area contributed by atoms with Crippen LogP contribution in [0.3, 0.4) is 0 Å². The van der Waals surface area contributed by atoms with Crippen molar-refractivity contribution in [3.63, 3.8) is 0 Å². The van der Waals surface area contributed by atoms with E-state index in [1.165, 1.54) is 0 Å². The predicted octanol–water partition coefficient (Wildman–Crippen LogP) is 1.68. The molecule has 11 heavy (non-hydrogen) atoms. The first-order valence-corrected chi connectivity index (χ1v) is 2.55. The molecule has 0 aromatic carbocycles. The largest absolute Gasteiger partial charge is 0.417 e. The summed E-state index contributed by atoms with van der Waals surface area (Å²) in [6.45, 7) is 0. The molecule has 0 aliphatic heterocycles. The molecule has 1 aromatic rings. The summed E-state index contributed by atoms with van der Waals surface area (Å²) in [5.41, 5.74) is 3.50. The highest BCUT2D eigenvalue weighted by Crippen LogP contribution is 2.28. The van der Waals surface area contributed by atoms with E-state index in [2.05, 4.69) is 4.98 Å². The summed E-state index contributed by atoms with van der Waals surface area (Å²) in [6.07, 6.45) is -5.99. The number of anilines is 1. The molecule has 2 nitrogen and oxygen atoms in total. The summed E-state index contributed by atoms with van der Waals surface area (Å²) in [5.74, 6) is -0.548. The van der Waals surface area contributed by atoms with E-state index in [1.807, 2.05) is 0 Å². The molecule has 60 valence electrons. The van der Waals surface area contributed by atoms with Gasteiger partial charge in [-0.1, -0.05) is 0 Å². The lowest BCUT2D eigenvalue weighted by Crippen LogP contribution is -2.05. The Hall–Kier alpha value is -1.26. The molecular weight excluding hydrogens is 157 g/mol. The van der Waals surface area contributed by atoms with Crippen molar-refractivity contribution in [1.82, 2.24) is 4.98 Å². The van der Waals surface area contributed by atoms with Gasteiger partial charge in [-0.3, -0.25) is 0 Å². The lowest BCUT2D eigenvalue weighted by atomic mass is 10.3. The van der Waals surface area contributed by atoms with Gasteiger partial charge in [0.15, 0.2) is 0 Å². The van der Waals surface area contributed by atoms with Crippen LogP contribution in [0.1, 0.15) is 9.68 Å². The van der Waals surface area contributed by atoms with Crippen LogP contribution in [-0.2, 0) is 6.18 Å². The van der Waals surface area contributed by atoms with Crippen LogP contribution >= 0.6 is 0 Å². The number of nitrogens with zero attached hydrogens (tertiary/aromatic N) is 1. The summed E-state index contributed by atoms with van der Waals surface area (Å²) in [5, 5.41) is 0. The van der Waals surface area contributed by atoms with Crippen molar-refractivity contribution in [3.8, 4) is 0 Å². The van der Waals surface area contributed by atoms with Gasteiger partial charge in [0.05, 0.1) is 9.68 Å². The Morgan fingerprint density at radius 3 is 2.64 bits per heavy atom. The zero-order valence-electron chi connectivity index (χ0n) is 8.16. The fraction of sp³-hybridized carbons (Fsp3) is 0.167. The fourth-order valence-electron chi connectivity index (χ4n) is 0.433. The first-order chi connectivity index (χ1) is 6.25. The zero-order valence-corrected chi connectivity index (χ0v) is 5.16. The maximum atomic E-state index is 12.2. The maximum Gasteiger partial charge on any atom is 0.417 e. The van der Waals surface area contributed by atoms with Crippen LogP contribution < -0.4 is 5.73 Å². The summed E-state index contributed by atoms with van der Waals surface area (Å²) in [4.78, 5) is 3.02. The Morgan fingerprint density at radius 1 is 1.45 bits per heavy atom. The lowest BCUT2D eigenvalue weighted by molar-refractivity contribution is -0.137. The van der Waals surface area contributed by atoms with Gasteiger partial charge in [-0.15, -0.1) is 0 Å². The second kappa shape index (κ2) is 2.41. The molecule has 0 saturated carbocycles. The molecule has 2 N–H and O–H groups in total. The number of rotatable bonds is 0. The van der Waals surface area contributed by atoms with Crippen molar-refractivity contribution in [2.45, 2.75) is 6.18 Å². The maximum absolute atomic E-state index is 12.2. The van der Waals surface area contributed by atoms with Gasteiger partial charge in [0.1, 0.15) is 5.82 Å². The average molecular weight is 165 g/mol. The van der Waals surface area contributed by atoms with Crippen LogP contribution in [-0.4, -0.2) is 4.98 Å². The normalized spacial score (nSPS) is 15.4. The van der Waals surface area contributed by atoms with E-state index < -0.39 is 35.8 Å². The summed E-state index contributed by atoms with van der Waals surface area (Å²) in [6, 6.07) is -1.93. The molecule has 0 aliphatic rings. The molecule has 0 radical (unpaired) electrons. The SMILES string of the molecule is [2H]c1nc(N)c([2H])c([2H])c1C(F)(F)F. The van der Waals surface area contributed by atoms with Crippen molar-refractivity contribution < 1.29 is 17.3 Å². The average Bonchev–Trinajstić information content (AvgIpc) is 1.97. The van der Waals surface area contributed by atoms with Gasteiger partial charge in [-0.25, -0.2) is 4.98 Å². The standard InChI is InChI=1S/C6H5F3N2/c7-6(8,9)4-1-2-5(10)11-3-4/h1-3H,(H2,10,11)/i1D,2D,3D. The van der Waals surface area contributed by atoms with E-state index in [-0.39, 0.29) is 0 Å². The van der Waals surface area contributed by atoms with Crippen LogP contribution in [0.4, 0.5) is 19.0 Å². The van der Waals surface area contributed by atoms with Crippen LogP contribution in [0.25, 0.3) is 0 Å². The number of nitrogen functional groups attached to an aromatic ring is 1. The highest BCUT2D eigenvalue weighted by atomic mass is 19.4. The molecule has 0 spiro atoms. The summed E-state index contributed by atoms with van der Waals surface area (Å²) >= 11 is 0. The Balaban J connectivity index is 3.53. The van der Waals surface area contributed by atoms with Crippen LogP contribution in [0, 0.1) is 0 Å². The van der Waals surface area contributed by atoms with Gasteiger partial charge >= 0.3 is 6.18 Å². The minimum Gasteiger partial charge on any atom is -0.384 e. The smallest absolute Gasteiger partial charge is 0.384 e. The van der Waals surface area contributed by atoms with Crippen molar-refractivity contribution in [1.29, 1.82) is 0 Å². The van der Waals surface area contributed by atoms with Crippen LogP contribution in [0.5, 0.6) is 0 Å². The molecule has 0 saturated heterocycles. The molecule has 0 unspecified atom stereocenters. The third-order valence-electron chi connectivity index (χ3n) is 0.887. The molecule has 1 rings (SSSR count). The number of pyridine rings is 1. The molecule has 0 amide bonds. The highest BCUT2D eigenvalue weighted by Gasteiger charge is 2.30. The third kappa shape index (κ3) is 1.83. The zero-order chi connectivity index (χ0) is 11.1. The van der Waals surface area contributed by atoms with E-state index in [0.29, 0.717) is 0 Å². The number of alkyl halides is 3. The van der Waals surface area contributed by atoms with Gasteiger partial charge in [-0.2, -0.15) is 13.2 Å². The lowest BCUT2D eigenvalue weighted by Gasteiger charge is -2.04. The number of halogens is 3. The molecule has 0 fully saturated rings. The number of hydrogen-bond donors (Lipinski definition) is 1. The van der Waals surface area contributed by atoms with Crippen molar-refractivity contribution in [2.75, 3.05) is 5.73 Å². The van der Waals surface area contributed by atoms with E-state index in [1.54, 1.807) is 0 Å². The number of aromatic nitrogens is 1. The van der Waals surface area contributed by atoms with E-state index in [4.69, 9.17) is 9.85 Å². The molecule has 0 bridgehead atoms. The van der Waals surface area contributed by atoms with Crippen LogP contribution in [0.15, 0.2) is 18.3 Å². The number of nitrogens with two attached hydrogens (primary N) is 1. The summed E-state index contributed by atoms with van der Waals surface area (Å²) < 4.78 is 57.5. The van der Waals surface area contributed by atoms with Crippen molar-refractivity contribution in [3.05, 3.63) is 23.8 Å². The van der Waals surface area contributed by atoms with Gasteiger partial charge in [0, 0.05) is 6.17 Å². The molecule has 1 heterocycles. The van der Waals surface area contributed by atoms with Crippen molar-refractivity contribution in [2.24, 2.45) is 0 Å². The fourth-order valence-corrected chi connectivity index (χ4v) is 0.433.